The van der Waals surface area contributed by atoms with Crippen LogP contribution in [0.1, 0.15) is 34.5 Å². The molecule has 136 valence electrons. The first kappa shape index (κ1) is 17.0. The number of phenolic OH excluding ortho intramolecular Hbond substituents is 1. The van der Waals surface area contributed by atoms with Crippen LogP contribution in [0, 0.1) is 12.8 Å². The van der Waals surface area contributed by atoms with Gasteiger partial charge in [-0.2, -0.15) is 0 Å². The number of phenols is 1. The second kappa shape index (κ2) is 6.72. The summed E-state index contributed by atoms with van der Waals surface area (Å²) in [5.74, 6) is -0.0397. The SMILES string of the molecule is Cc1ccc(C(=O)N2C[C@@H]3CC[C@H](C2)N(Cc2cscn2)C3=O)cc1O. The molecule has 3 fully saturated rings. The van der Waals surface area contributed by atoms with Crippen molar-refractivity contribution in [2.45, 2.75) is 32.4 Å². The number of amides is 2. The Hall–Kier alpha value is -2.41. The van der Waals surface area contributed by atoms with Gasteiger partial charge in [0.2, 0.25) is 5.91 Å². The molecule has 26 heavy (non-hydrogen) atoms. The molecular formula is C19H21N3O3S. The van der Waals surface area contributed by atoms with E-state index >= 15 is 0 Å². The van der Waals surface area contributed by atoms with E-state index in [4.69, 9.17) is 0 Å². The van der Waals surface area contributed by atoms with Crippen molar-refractivity contribution in [1.29, 1.82) is 0 Å². The molecule has 6 nitrogen and oxygen atoms in total. The van der Waals surface area contributed by atoms with Crippen molar-refractivity contribution in [3.63, 3.8) is 0 Å². The summed E-state index contributed by atoms with van der Waals surface area (Å²) < 4.78 is 0. The fourth-order valence-corrected chi connectivity index (χ4v) is 4.38. The molecule has 4 heterocycles. The molecule has 0 aliphatic carbocycles. The number of nitrogens with zero attached hydrogens (tertiary/aromatic N) is 3. The van der Waals surface area contributed by atoms with E-state index in [1.54, 1.807) is 29.5 Å². The summed E-state index contributed by atoms with van der Waals surface area (Å²) in [5, 5.41) is 11.9. The monoisotopic (exact) mass is 371 g/mol. The molecule has 0 radical (unpaired) electrons. The maximum absolute atomic E-state index is 12.9. The van der Waals surface area contributed by atoms with Crippen LogP contribution in [0.4, 0.5) is 0 Å². The molecule has 0 spiro atoms. The minimum absolute atomic E-state index is 0.0194. The van der Waals surface area contributed by atoms with Crippen molar-refractivity contribution in [2.24, 2.45) is 5.92 Å². The maximum atomic E-state index is 12.9. The Morgan fingerprint density at radius 2 is 2.19 bits per heavy atom. The molecule has 3 aliphatic heterocycles. The minimum Gasteiger partial charge on any atom is -0.508 e. The topological polar surface area (TPSA) is 73.7 Å². The highest BCUT2D eigenvalue weighted by atomic mass is 32.1. The van der Waals surface area contributed by atoms with Crippen LogP contribution in [-0.2, 0) is 11.3 Å². The largest absolute Gasteiger partial charge is 0.508 e. The summed E-state index contributed by atoms with van der Waals surface area (Å²) in [7, 11) is 0. The molecule has 5 rings (SSSR count). The molecule has 1 aromatic carbocycles. The van der Waals surface area contributed by atoms with Gasteiger partial charge >= 0.3 is 0 Å². The van der Waals surface area contributed by atoms with E-state index in [2.05, 4.69) is 4.98 Å². The molecule has 3 saturated heterocycles. The second-order valence-electron chi connectivity index (χ2n) is 7.09. The normalized spacial score (nSPS) is 22.6. The highest BCUT2D eigenvalue weighted by molar-refractivity contribution is 7.07. The van der Waals surface area contributed by atoms with Gasteiger partial charge in [0.1, 0.15) is 5.75 Å². The quantitative estimate of drug-likeness (QED) is 0.899. The molecule has 1 aromatic heterocycles. The predicted octanol–water partition coefficient (Wildman–Crippen LogP) is 2.42. The van der Waals surface area contributed by atoms with Gasteiger partial charge in [-0.3, -0.25) is 9.59 Å². The Kier molecular flexibility index (Phi) is 4.40. The standard InChI is InChI=1S/C19H21N3O3S/c1-12-2-3-13(6-17(12)23)18(24)21-7-14-4-5-16(9-21)22(19(14)25)8-15-10-26-11-20-15/h2-3,6,10-11,14,16,23H,4-5,7-9H2,1H3/t14-,16+/m0/s1. The van der Waals surface area contributed by atoms with Crippen molar-refractivity contribution in [1.82, 2.24) is 14.8 Å². The third-order valence-corrected chi connectivity index (χ3v) is 5.99. The molecule has 2 aromatic rings. The second-order valence-corrected chi connectivity index (χ2v) is 7.80. The number of rotatable bonds is 3. The minimum atomic E-state index is -0.157. The van der Waals surface area contributed by atoms with E-state index in [1.165, 1.54) is 17.4 Å². The summed E-state index contributed by atoms with van der Waals surface area (Å²) in [5.41, 5.74) is 3.88. The molecule has 2 amide bonds. The summed E-state index contributed by atoms with van der Waals surface area (Å²) in [6.45, 7) is 3.28. The number of aryl methyl sites for hydroxylation is 1. The number of piperidine rings is 1. The Bertz CT molecular complexity index is 837. The molecule has 1 N–H and O–H groups in total. The first-order chi connectivity index (χ1) is 12.5. The van der Waals surface area contributed by atoms with E-state index in [0.717, 1.165) is 24.1 Å². The Balaban J connectivity index is 1.56. The van der Waals surface area contributed by atoms with Crippen LogP contribution in [0.25, 0.3) is 0 Å². The predicted molar refractivity (Wildman–Crippen MR) is 97.9 cm³/mol. The summed E-state index contributed by atoms with van der Waals surface area (Å²) >= 11 is 1.52. The lowest BCUT2D eigenvalue weighted by molar-refractivity contribution is -0.140. The van der Waals surface area contributed by atoms with E-state index < -0.39 is 0 Å². The number of thiazole rings is 1. The molecule has 2 bridgehead atoms. The highest BCUT2D eigenvalue weighted by Gasteiger charge is 2.42. The number of hydrogen-bond donors (Lipinski definition) is 1. The van der Waals surface area contributed by atoms with Crippen LogP contribution >= 0.6 is 11.3 Å². The van der Waals surface area contributed by atoms with Crippen LogP contribution in [-0.4, -0.2) is 50.8 Å². The molecule has 0 saturated carbocycles. The first-order valence-electron chi connectivity index (χ1n) is 8.79. The van der Waals surface area contributed by atoms with Gasteiger partial charge in [0.05, 0.1) is 23.7 Å². The number of hydrogen-bond acceptors (Lipinski definition) is 5. The van der Waals surface area contributed by atoms with Crippen LogP contribution in [0.15, 0.2) is 29.1 Å². The van der Waals surface area contributed by atoms with E-state index in [0.29, 0.717) is 25.2 Å². The van der Waals surface area contributed by atoms with Crippen LogP contribution in [0.5, 0.6) is 5.75 Å². The zero-order chi connectivity index (χ0) is 18.3. The zero-order valence-corrected chi connectivity index (χ0v) is 15.4. The lowest BCUT2D eigenvalue weighted by Gasteiger charge is -2.35. The van der Waals surface area contributed by atoms with Crippen LogP contribution in [0.2, 0.25) is 0 Å². The fraction of sp³-hybridized carbons (Fsp3) is 0.421. The number of aromatic nitrogens is 1. The first-order valence-corrected chi connectivity index (χ1v) is 9.73. The number of aromatic hydroxyl groups is 1. The number of carbonyl (C=O) groups excluding carboxylic acids is 2. The van der Waals surface area contributed by atoms with Gasteiger partial charge in [-0.05, 0) is 37.5 Å². The Labute approximate surface area is 156 Å². The molecule has 3 aliphatic rings. The van der Waals surface area contributed by atoms with Crippen molar-refractivity contribution < 1.29 is 14.7 Å². The summed E-state index contributed by atoms with van der Waals surface area (Å²) in [6, 6.07) is 5.01. The molecule has 2 atom stereocenters. The van der Waals surface area contributed by atoms with Gasteiger partial charge in [0, 0.05) is 30.1 Å². The highest BCUT2D eigenvalue weighted by Crippen LogP contribution is 2.31. The summed E-state index contributed by atoms with van der Waals surface area (Å²) in [4.78, 5) is 33.8. The van der Waals surface area contributed by atoms with Crippen molar-refractivity contribution in [3.05, 3.63) is 45.9 Å². The lowest BCUT2D eigenvalue weighted by atomic mass is 9.94. The fourth-order valence-electron chi connectivity index (χ4n) is 3.83. The third-order valence-electron chi connectivity index (χ3n) is 5.35. The zero-order valence-electron chi connectivity index (χ0n) is 14.6. The van der Waals surface area contributed by atoms with Gasteiger partial charge < -0.3 is 14.9 Å². The van der Waals surface area contributed by atoms with Crippen molar-refractivity contribution in [3.8, 4) is 5.75 Å². The smallest absolute Gasteiger partial charge is 0.254 e. The van der Waals surface area contributed by atoms with E-state index in [9.17, 15) is 14.7 Å². The average Bonchev–Trinajstić information content (AvgIpc) is 3.00. The van der Waals surface area contributed by atoms with Crippen LogP contribution in [0.3, 0.4) is 0 Å². The number of benzene rings is 1. The average molecular weight is 371 g/mol. The van der Waals surface area contributed by atoms with Crippen molar-refractivity contribution >= 4 is 23.2 Å². The maximum Gasteiger partial charge on any atom is 0.254 e. The van der Waals surface area contributed by atoms with Crippen LogP contribution < -0.4 is 0 Å². The Morgan fingerprint density at radius 3 is 2.92 bits per heavy atom. The van der Waals surface area contributed by atoms with E-state index in [1.807, 2.05) is 10.3 Å². The van der Waals surface area contributed by atoms with Gasteiger partial charge in [0.15, 0.2) is 0 Å². The molecular weight excluding hydrogens is 350 g/mol. The molecule has 7 heteroatoms. The van der Waals surface area contributed by atoms with Crippen molar-refractivity contribution in [2.75, 3.05) is 13.1 Å². The molecule has 0 unspecified atom stereocenters. The number of fused-ring (bicyclic) bond motifs is 4. The van der Waals surface area contributed by atoms with E-state index in [-0.39, 0.29) is 29.5 Å². The van der Waals surface area contributed by atoms with Gasteiger partial charge in [-0.15, -0.1) is 11.3 Å². The number of carbonyl (C=O) groups is 2. The van der Waals surface area contributed by atoms with Gasteiger partial charge in [-0.25, -0.2) is 4.98 Å². The van der Waals surface area contributed by atoms with Gasteiger partial charge in [0.25, 0.3) is 5.91 Å². The lowest BCUT2D eigenvalue weighted by Crippen LogP contribution is -2.47. The Morgan fingerprint density at radius 1 is 1.35 bits per heavy atom. The third kappa shape index (κ3) is 3.07. The van der Waals surface area contributed by atoms with Gasteiger partial charge in [-0.1, -0.05) is 6.07 Å². The summed E-state index contributed by atoms with van der Waals surface area (Å²) in [6.07, 6.45) is 1.73.